The van der Waals surface area contributed by atoms with E-state index in [0.717, 1.165) is 30.8 Å². The standard InChI is InChI=1S/C18H25N5O2/c1-23(2)12-4-11-19-17-10-9-16(21-22-17)18(24)20-13-14-5-7-15(25-3)8-6-14/h5-10H,4,11-13H2,1-3H3,(H,19,22)(H,20,24). The Bertz CT molecular complexity index is 656. The lowest BCUT2D eigenvalue weighted by Gasteiger charge is -2.10. The molecule has 25 heavy (non-hydrogen) atoms. The molecule has 0 radical (unpaired) electrons. The summed E-state index contributed by atoms with van der Waals surface area (Å²) in [6, 6.07) is 11.0. The SMILES string of the molecule is COc1ccc(CNC(=O)c2ccc(NCCCN(C)C)nn2)cc1. The summed E-state index contributed by atoms with van der Waals surface area (Å²) in [6.07, 6.45) is 1.01. The molecule has 7 nitrogen and oxygen atoms in total. The van der Waals surface area contributed by atoms with Crippen molar-refractivity contribution < 1.29 is 9.53 Å². The first kappa shape index (κ1) is 18.7. The van der Waals surface area contributed by atoms with Gasteiger partial charge in [0.2, 0.25) is 0 Å². The highest BCUT2D eigenvalue weighted by Gasteiger charge is 2.08. The van der Waals surface area contributed by atoms with E-state index in [9.17, 15) is 4.79 Å². The zero-order chi connectivity index (χ0) is 18.1. The van der Waals surface area contributed by atoms with E-state index in [4.69, 9.17) is 4.74 Å². The first-order valence-corrected chi connectivity index (χ1v) is 8.22. The van der Waals surface area contributed by atoms with Crippen LogP contribution in [0.2, 0.25) is 0 Å². The maximum atomic E-state index is 12.1. The highest BCUT2D eigenvalue weighted by Crippen LogP contribution is 2.11. The van der Waals surface area contributed by atoms with Crippen LogP contribution < -0.4 is 15.4 Å². The Morgan fingerprint density at radius 2 is 1.88 bits per heavy atom. The van der Waals surface area contributed by atoms with E-state index >= 15 is 0 Å². The van der Waals surface area contributed by atoms with Crippen molar-refractivity contribution in [1.82, 2.24) is 20.4 Å². The molecule has 2 aromatic rings. The average Bonchev–Trinajstić information content (AvgIpc) is 2.64. The highest BCUT2D eigenvalue weighted by molar-refractivity contribution is 5.92. The van der Waals surface area contributed by atoms with Crippen LogP contribution in [0.5, 0.6) is 5.75 Å². The molecule has 0 fully saturated rings. The van der Waals surface area contributed by atoms with E-state index in [0.29, 0.717) is 18.1 Å². The van der Waals surface area contributed by atoms with Gasteiger partial charge >= 0.3 is 0 Å². The summed E-state index contributed by atoms with van der Waals surface area (Å²) in [5.74, 6) is 1.21. The van der Waals surface area contributed by atoms with Crippen molar-refractivity contribution in [1.29, 1.82) is 0 Å². The van der Waals surface area contributed by atoms with Crippen molar-refractivity contribution in [3.05, 3.63) is 47.7 Å². The van der Waals surface area contributed by atoms with Gasteiger partial charge in [0.1, 0.15) is 11.6 Å². The van der Waals surface area contributed by atoms with Crippen LogP contribution in [-0.4, -0.2) is 55.3 Å². The van der Waals surface area contributed by atoms with Crippen LogP contribution in [0.4, 0.5) is 5.82 Å². The Labute approximate surface area is 148 Å². The summed E-state index contributed by atoms with van der Waals surface area (Å²) < 4.78 is 5.11. The van der Waals surface area contributed by atoms with Crippen LogP contribution in [0.25, 0.3) is 0 Å². The fraction of sp³-hybridized carbons (Fsp3) is 0.389. The zero-order valence-electron chi connectivity index (χ0n) is 15.0. The molecule has 1 heterocycles. The number of benzene rings is 1. The van der Waals surface area contributed by atoms with Crippen LogP contribution in [0.3, 0.4) is 0 Å². The van der Waals surface area contributed by atoms with Crippen LogP contribution in [0.1, 0.15) is 22.5 Å². The quantitative estimate of drug-likeness (QED) is 0.676. The highest BCUT2D eigenvalue weighted by atomic mass is 16.5. The Balaban J connectivity index is 1.79. The van der Waals surface area contributed by atoms with Gasteiger partial charge in [0.25, 0.3) is 5.91 Å². The molecule has 0 aliphatic rings. The number of carbonyl (C=O) groups is 1. The van der Waals surface area contributed by atoms with Gasteiger partial charge in [0, 0.05) is 13.1 Å². The molecule has 0 aliphatic heterocycles. The summed E-state index contributed by atoms with van der Waals surface area (Å²) in [5.41, 5.74) is 1.29. The lowest BCUT2D eigenvalue weighted by Crippen LogP contribution is -2.24. The Morgan fingerprint density at radius 3 is 2.48 bits per heavy atom. The molecule has 0 unspecified atom stereocenters. The number of aromatic nitrogens is 2. The lowest BCUT2D eigenvalue weighted by molar-refractivity contribution is 0.0945. The van der Waals surface area contributed by atoms with Gasteiger partial charge in [0.05, 0.1) is 7.11 Å². The fourth-order valence-corrected chi connectivity index (χ4v) is 2.18. The summed E-state index contributed by atoms with van der Waals surface area (Å²) >= 11 is 0. The van der Waals surface area contributed by atoms with Crippen LogP contribution in [-0.2, 0) is 6.54 Å². The largest absolute Gasteiger partial charge is 0.497 e. The Morgan fingerprint density at radius 1 is 1.12 bits per heavy atom. The van der Waals surface area contributed by atoms with Gasteiger partial charge < -0.3 is 20.3 Å². The molecule has 1 aromatic heterocycles. The summed E-state index contributed by atoms with van der Waals surface area (Å²) in [6.45, 7) is 2.25. The second-order valence-corrected chi connectivity index (χ2v) is 5.92. The van der Waals surface area contributed by atoms with Gasteiger partial charge in [-0.1, -0.05) is 12.1 Å². The predicted octanol–water partition coefficient (Wildman–Crippen LogP) is 1.78. The van der Waals surface area contributed by atoms with Crippen LogP contribution >= 0.6 is 0 Å². The number of hydrogen-bond acceptors (Lipinski definition) is 6. The number of carbonyl (C=O) groups excluding carboxylic acids is 1. The van der Waals surface area contributed by atoms with Gasteiger partial charge in [-0.15, -0.1) is 10.2 Å². The van der Waals surface area contributed by atoms with E-state index < -0.39 is 0 Å². The lowest BCUT2D eigenvalue weighted by atomic mass is 10.2. The van der Waals surface area contributed by atoms with E-state index in [1.54, 1.807) is 19.2 Å². The Hall–Kier alpha value is -2.67. The number of hydrogen-bond donors (Lipinski definition) is 2. The minimum atomic E-state index is -0.248. The predicted molar refractivity (Wildman–Crippen MR) is 97.9 cm³/mol. The molecule has 134 valence electrons. The molecule has 0 bridgehead atoms. The number of rotatable bonds is 9. The molecule has 0 saturated heterocycles. The molecular weight excluding hydrogens is 318 g/mol. The van der Waals surface area contributed by atoms with Crippen molar-refractivity contribution >= 4 is 11.7 Å². The van der Waals surface area contributed by atoms with Crippen LogP contribution in [0.15, 0.2) is 36.4 Å². The van der Waals surface area contributed by atoms with Gasteiger partial charge in [-0.05, 0) is 56.9 Å². The number of nitrogens with zero attached hydrogens (tertiary/aromatic N) is 3. The molecule has 2 N–H and O–H groups in total. The van der Waals surface area contributed by atoms with E-state index in [1.807, 2.05) is 38.4 Å². The van der Waals surface area contributed by atoms with Crippen molar-refractivity contribution in [3.8, 4) is 5.75 Å². The molecule has 1 aromatic carbocycles. The number of amides is 1. The maximum absolute atomic E-state index is 12.1. The van der Waals surface area contributed by atoms with Crippen molar-refractivity contribution in [2.45, 2.75) is 13.0 Å². The van der Waals surface area contributed by atoms with E-state index in [2.05, 4.69) is 25.7 Å². The van der Waals surface area contributed by atoms with Gasteiger partial charge in [-0.3, -0.25) is 4.79 Å². The number of methoxy groups -OCH3 is 1. The summed E-state index contributed by atoms with van der Waals surface area (Å²) in [7, 11) is 5.70. The number of ether oxygens (including phenoxy) is 1. The van der Waals surface area contributed by atoms with E-state index in [-0.39, 0.29) is 5.91 Å². The van der Waals surface area contributed by atoms with Crippen LogP contribution in [0, 0.1) is 0 Å². The molecule has 0 aliphatic carbocycles. The Kier molecular flexibility index (Phi) is 7.16. The summed E-state index contributed by atoms with van der Waals surface area (Å²) in [5, 5.41) is 14.0. The zero-order valence-corrected chi connectivity index (χ0v) is 15.0. The molecule has 1 amide bonds. The van der Waals surface area contributed by atoms with Gasteiger partial charge in [-0.2, -0.15) is 0 Å². The minimum Gasteiger partial charge on any atom is -0.497 e. The summed E-state index contributed by atoms with van der Waals surface area (Å²) in [4.78, 5) is 14.3. The second-order valence-electron chi connectivity index (χ2n) is 5.92. The van der Waals surface area contributed by atoms with Crippen molar-refractivity contribution in [2.75, 3.05) is 39.6 Å². The normalized spacial score (nSPS) is 10.6. The number of anilines is 1. The molecular formula is C18H25N5O2. The molecule has 0 atom stereocenters. The minimum absolute atomic E-state index is 0.248. The molecule has 7 heteroatoms. The first-order valence-electron chi connectivity index (χ1n) is 8.22. The van der Waals surface area contributed by atoms with Crippen molar-refractivity contribution in [3.63, 3.8) is 0 Å². The first-order chi connectivity index (χ1) is 12.1. The van der Waals surface area contributed by atoms with Gasteiger partial charge in [0.15, 0.2) is 5.69 Å². The molecule has 0 saturated carbocycles. The number of nitrogens with one attached hydrogen (secondary N) is 2. The third kappa shape index (κ3) is 6.39. The fourth-order valence-electron chi connectivity index (χ4n) is 2.18. The topological polar surface area (TPSA) is 79.4 Å². The smallest absolute Gasteiger partial charge is 0.272 e. The maximum Gasteiger partial charge on any atom is 0.272 e. The molecule has 0 spiro atoms. The van der Waals surface area contributed by atoms with Gasteiger partial charge in [-0.25, -0.2) is 0 Å². The molecule has 2 rings (SSSR count). The third-order valence-corrected chi connectivity index (χ3v) is 3.60. The average molecular weight is 343 g/mol. The second kappa shape index (κ2) is 9.58. The monoisotopic (exact) mass is 343 g/mol. The van der Waals surface area contributed by atoms with E-state index in [1.165, 1.54) is 0 Å². The third-order valence-electron chi connectivity index (χ3n) is 3.60. The van der Waals surface area contributed by atoms with Crippen molar-refractivity contribution in [2.24, 2.45) is 0 Å².